The fourth-order valence-corrected chi connectivity index (χ4v) is 5.45. The van der Waals surface area contributed by atoms with Crippen LogP contribution in [0.2, 0.25) is 0 Å². The first-order valence-electron chi connectivity index (χ1n) is 11.0. The van der Waals surface area contributed by atoms with E-state index in [-0.39, 0.29) is 0 Å². The summed E-state index contributed by atoms with van der Waals surface area (Å²) in [5, 5.41) is 0. The molecule has 0 saturated heterocycles. The molecule has 0 radical (unpaired) electrons. The van der Waals surface area contributed by atoms with Gasteiger partial charge in [-0.3, -0.25) is 0 Å². The predicted octanol–water partition coefficient (Wildman–Crippen LogP) is 8.19. The first-order valence-corrected chi connectivity index (χ1v) is 11.0. The minimum atomic E-state index is 0.790. The lowest BCUT2D eigenvalue weighted by Crippen LogP contribution is -2.09. The van der Waals surface area contributed by atoms with Gasteiger partial charge in [-0.2, -0.15) is 0 Å². The summed E-state index contributed by atoms with van der Waals surface area (Å²) < 4.78 is 0. The quantitative estimate of drug-likeness (QED) is 0.341. The van der Waals surface area contributed by atoms with E-state index >= 15 is 0 Å². The second-order valence-electron chi connectivity index (χ2n) is 8.61. The molecule has 2 aliphatic carbocycles. The van der Waals surface area contributed by atoms with Crippen molar-refractivity contribution in [1.29, 1.82) is 0 Å². The van der Waals surface area contributed by atoms with Gasteiger partial charge in [0.25, 0.3) is 0 Å². The molecule has 1 nitrogen and oxygen atoms in total. The van der Waals surface area contributed by atoms with Crippen molar-refractivity contribution in [3.8, 4) is 11.1 Å². The van der Waals surface area contributed by atoms with E-state index in [1.807, 2.05) is 0 Å². The van der Waals surface area contributed by atoms with E-state index in [1.54, 1.807) is 11.1 Å². The van der Waals surface area contributed by atoms with Gasteiger partial charge in [0.15, 0.2) is 0 Å². The molecule has 1 saturated carbocycles. The van der Waals surface area contributed by atoms with Crippen LogP contribution in [0.4, 0.5) is 17.1 Å². The molecule has 0 heterocycles. The Morgan fingerprint density at radius 2 is 1.10 bits per heavy atom. The van der Waals surface area contributed by atoms with E-state index < -0.39 is 0 Å². The van der Waals surface area contributed by atoms with Gasteiger partial charge in [0, 0.05) is 17.1 Å². The summed E-state index contributed by atoms with van der Waals surface area (Å²) in [6, 6.07) is 37.4. The summed E-state index contributed by atoms with van der Waals surface area (Å²) in [4.78, 5) is 2.33. The van der Waals surface area contributed by atoms with Crippen LogP contribution in [0.3, 0.4) is 0 Å². The van der Waals surface area contributed by atoms with Gasteiger partial charge in [-0.05, 0) is 89.8 Å². The van der Waals surface area contributed by atoms with Crippen molar-refractivity contribution in [2.24, 2.45) is 0 Å². The van der Waals surface area contributed by atoms with E-state index in [1.165, 1.54) is 47.5 Å². The van der Waals surface area contributed by atoms with Crippen LogP contribution in [-0.2, 0) is 0 Å². The van der Waals surface area contributed by atoms with Gasteiger partial charge in [0.05, 0.1) is 0 Å². The van der Waals surface area contributed by atoms with Gasteiger partial charge in [-0.25, -0.2) is 0 Å². The molecule has 1 fully saturated rings. The van der Waals surface area contributed by atoms with Crippen LogP contribution < -0.4 is 4.90 Å². The second-order valence-corrected chi connectivity index (χ2v) is 8.61. The molecule has 1 heteroatoms. The molecule has 2 unspecified atom stereocenters. The third-order valence-corrected chi connectivity index (χ3v) is 6.87. The van der Waals surface area contributed by atoms with E-state index in [0.717, 1.165) is 11.8 Å². The van der Waals surface area contributed by atoms with Crippen molar-refractivity contribution in [1.82, 2.24) is 0 Å². The van der Waals surface area contributed by atoms with Crippen molar-refractivity contribution < 1.29 is 0 Å². The van der Waals surface area contributed by atoms with Crippen molar-refractivity contribution in [2.75, 3.05) is 4.90 Å². The highest BCUT2D eigenvalue weighted by Crippen LogP contribution is 2.53. The SMILES string of the molecule is c1ccc(N(c2ccccc2)c2cccc(-c3ccc4c(c3)C3CCC4C3)c2)cc1. The maximum absolute atomic E-state index is 2.47. The van der Waals surface area contributed by atoms with Crippen LogP contribution in [0.1, 0.15) is 42.2 Å². The van der Waals surface area contributed by atoms with Gasteiger partial charge in [0.2, 0.25) is 0 Å². The lowest BCUT2D eigenvalue weighted by Gasteiger charge is -2.26. The smallest absolute Gasteiger partial charge is 0.0467 e. The molecule has 2 atom stereocenters. The van der Waals surface area contributed by atoms with Crippen molar-refractivity contribution in [3.63, 3.8) is 0 Å². The number of fused-ring (bicyclic) bond motifs is 5. The zero-order valence-corrected chi connectivity index (χ0v) is 17.0. The van der Waals surface area contributed by atoms with E-state index in [9.17, 15) is 0 Å². The van der Waals surface area contributed by atoms with Gasteiger partial charge in [-0.1, -0.05) is 66.7 Å². The van der Waals surface area contributed by atoms with Crippen LogP contribution >= 0.6 is 0 Å². The van der Waals surface area contributed by atoms with Crippen molar-refractivity contribution in [2.45, 2.75) is 31.1 Å². The molecule has 0 spiro atoms. The highest BCUT2D eigenvalue weighted by Gasteiger charge is 2.36. The summed E-state index contributed by atoms with van der Waals surface area (Å²) >= 11 is 0. The molecule has 2 aliphatic rings. The van der Waals surface area contributed by atoms with Gasteiger partial charge in [0.1, 0.15) is 0 Å². The lowest BCUT2D eigenvalue weighted by molar-refractivity contribution is 0.718. The average Bonchev–Trinajstić information content (AvgIpc) is 3.44. The van der Waals surface area contributed by atoms with Crippen LogP contribution in [0.25, 0.3) is 11.1 Å². The third-order valence-electron chi connectivity index (χ3n) is 6.87. The minimum Gasteiger partial charge on any atom is -0.310 e. The predicted molar refractivity (Wildman–Crippen MR) is 126 cm³/mol. The van der Waals surface area contributed by atoms with E-state index in [2.05, 4.69) is 108 Å². The number of rotatable bonds is 4. The molecule has 0 aromatic heterocycles. The zero-order valence-electron chi connectivity index (χ0n) is 17.0. The fraction of sp³-hybridized carbons (Fsp3) is 0.172. The molecule has 0 amide bonds. The molecule has 4 aromatic rings. The standard InChI is InChI=1S/C29H25N/c1-3-9-25(10-4-1)30(26-11-5-2-6-12-26)27-13-7-8-21(19-27)22-16-17-28-23-14-15-24(18-23)29(28)20-22/h1-13,16-17,19-20,23-24H,14-15,18H2. The molecule has 0 N–H and O–H groups in total. The Labute approximate surface area is 178 Å². The van der Waals surface area contributed by atoms with E-state index in [4.69, 9.17) is 0 Å². The monoisotopic (exact) mass is 387 g/mol. The molecular formula is C29H25N. The maximum atomic E-state index is 2.47. The normalized spacial score (nSPS) is 18.9. The highest BCUT2D eigenvalue weighted by atomic mass is 15.1. The summed E-state index contributed by atoms with van der Waals surface area (Å²) in [6.07, 6.45) is 4.13. The summed E-state index contributed by atoms with van der Waals surface area (Å²) in [6.45, 7) is 0. The second kappa shape index (κ2) is 7.18. The summed E-state index contributed by atoms with van der Waals surface area (Å²) in [5.41, 5.74) is 9.38. The number of hydrogen-bond donors (Lipinski definition) is 0. The number of hydrogen-bond acceptors (Lipinski definition) is 1. The van der Waals surface area contributed by atoms with Crippen molar-refractivity contribution in [3.05, 3.63) is 114 Å². The number of nitrogens with zero attached hydrogens (tertiary/aromatic N) is 1. The highest BCUT2D eigenvalue weighted by molar-refractivity contribution is 5.80. The topological polar surface area (TPSA) is 3.24 Å². The lowest BCUT2D eigenvalue weighted by atomic mass is 9.89. The Kier molecular flexibility index (Phi) is 4.19. The van der Waals surface area contributed by atoms with Gasteiger partial charge in [-0.15, -0.1) is 0 Å². The fourth-order valence-electron chi connectivity index (χ4n) is 5.45. The molecule has 30 heavy (non-hydrogen) atoms. The van der Waals surface area contributed by atoms with Crippen LogP contribution in [-0.4, -0.2) is 0 Å². The van der Waals surface area contributed by atoms with Gasteiger partial charge < -0.3 is 4.90 Å². The molecule has 146 valence electrons. The Morgan fingerprint density at radius 3 is 1.80 bits per heavy atom. The molecule has 4 aromatic carbocycles. The van der Waals surface area contributed by atoms with Crippen LogP contribution in [0, 0.1) is 0 Å². The Balaban J connectivity index is 1.43. The minimum absolute atomic E-state index is 0.790. The summed E-state index contributed by atoms with van der Waals surface area (Å²) in [7, 11) is 0. The van der Waals surface area contributed by atoms with Crippen LogP contribution in [0.5, 0.6) is 0 Å². The third kappa shape index (κ3) is 2.93. The van der Waals surface area contributed by atoms with E-state index in [0.29, 0.717) is 0 Å². The Bertz CT molecular complexity index is 1140. The molecule has 2 bridgehead atoms. The number of anilines is 3. The molecular weight excluding hydrogens is 362 g/mol. The number of para-hydroxylation sites is 2. The molecule has 0 aliphatic heterocycles. The largest absolute Gasteiger partial charge is 0.310 e. The van der Waals surface area contributed by atoms with Crippen LogP contribution in [0.15, 0.2) is 103 Å². The Hall–Kier alpha value is -3.32. The summed E-state index contributed by atoms with van der Waals surface area (Å²) in [5.74, 6) is 1.61. The first kappa shape index (κ1) is 17.5. The maximum Gasteiger partial charge on any atom is 0.0467 e. The average molecular weight is 388 g/mol. The van der Waals surface area contributed by atoms with Gasteiger partial charge >= 0.3 is 0 Å². The first-order chi connectivity index (χ1) is 14.9. The molecule has 6 rings (SSSR count). The zero-order chi connectivity index (χ0) is 19.9. The Morgan fingerprint density at radius 1 is 0.500 bits per heavy atom. The number of benzene rings is 4. The van der Waals surface area contributed by atoms with Crippen molar-refractivity contribution >= 4 is 17.1 Å².